The number of para-hydroxylation sites is 1. The summed E-state index contributed by atoms with van der Waals surface area (Å²) in [6.45, 7) is 0.256. The highest BCUT2D eigenvalue weighted by atomic mass is 32.2. The predicted octanol–water partition coefficient (Wildman–Crippen LogP) is 3.29. The minimum atomic E-state index is -0.482. The number of hydrogen-bond acceptors (Lipinski definition) is 6. The van der Waals surface area contributed by atoms with Crippen molar-refractivity contribution in [3.8, 4) is 11.5 Å². The Morgan fingerprint density at radius 3 is 2.91 bits per heavy atom. The van der Waals surface area contributed by atoms with Gasteiger partial charge in [0.25, 0.3) is 11.1 Å². The van der Waals surface area contributed by atoms with Gasteiger partial charge in [0.05, 0.1) is 4.91 Å². The first kappa shape index (κ1) is 20.2. The van der Waals surface area contributed by atoms with Crippen LogP contribution in [0.15, 0.2) is 53.6 Å². The number of rotatable bonds is 6. The van der Waals surface area contributed by atoms with Gasteiger partial charge >= 0.3 is 0 Å². The Morgan fingerprint density at radius 2 is 2.00 bits per heavy atom. The van der Waals surface area contributed by atoms with E-state index in [1.165, 1.54) is 0 Å². The summed E-state index contributed by atoms with van der Waals surface area (Å²) in [5.41, 5.74) is 2.85. The molecular formula is C23H19N3O5S. The summed E-state index contributed by atoms with van der Waals surface area (Å²) in [6.07, 6.45) is 4.18. The lowest BCUT2D eigenvalue weighted by atomic mass is 10.1. The van der Waals surface area contributed by atoms with Crippen LogP contribution in [0, 0.1) is 0 Å². The maximum atomic E-state index is 12.7. The van der Waals surface area contributed by atoms with Gasteiger partial charge in [0, 0.05) is 23.6 Å². The highest BCUT2D eigenvalue weighted by Gasteiger charge is 2.36. The van der Waals surface area contributed by atoms with Gasteiger partial charge in [-0.15, -0.1) is 0 Å². The van der Waals surface area contributed by atoms with Crippen LogP contribution in [0.4, 0.5) is 4.79 Å². The second-order valence-corrected chi connectivity index (χ2v) is 8.33. The van der Waals surface area contributed by atoms with Crippen LogP contribution in [-0.4, -0.2) is 46.8 Å². The quantitative estimate of drug-likeness (QED) is 0.560. The first-order valence-corrected chi connectivity index (χ1v) is 10.9. The van der Waals surface area contributed by atoms with Crippen molar-refractivity contribution < 1.29 is 23.9 Å². The van der Waals surface area contributed by atoms with E-state index in [-0.39, 0.29) is 24.2 Å². The van der Waals surface area contributed by atoms with Crippen molar-refractivity contribution in [3.05, 3.63) is 64.7 Å². The van der Waals surface area contributed by atoms with E-state index in [2.05, 4.69) is 10.3 Å². The number of imide groups is 1. The molecule has 9 heteroatoms. The van der Waals surface area contributed by atoms with Crippen molar-refractivity contribution >= 4 is 45.8 Å². The number of benzene rings is 2. The zero-order valence-electron chi connectivity index (χ0n) is 16.9. The third-order valence-corrected chi connectivity index (χ3v) is 6.17. The molecule has 0 saturated carbocycles. The molecule has 1 fully saturated rings. The Kier molecular flexibility index (Phi) is 5.32. The maximum Gasteiger partial charge on any atom is 0.294 e. The fourth-order valence-corrected chi connectivity index (χ4v) is 4.50. The van der Waals surface area contributed by atoms with Gasteiger partial charge in [0.15, 0.2) is 11.5 Å². The molecule has 2 aliphatic heterocycles. The van der Waals surface area contributed by atoms with Crippen molar-refractivity contribution in [2.45, 2.75) is 6.42 Å². The SMILES string of the molecule is O=C(CN1C(=O)S/C(=C\c2ccc3c(c2)OCO3)C1=O)NCCc1c[nH]c2ccccc12. The fraction of sp³-hybridized carbons (Fsp3) is 0.174. The van der Waals surface area contributed by atoms with Crippen LogP contribution in [-0.2, 0) is 16.0 Å². The number of hydrogen-bond donors (Lipinski definition) is 2. The summed E-state index contributed by atoms with van der Waals surface area (Å²) >= 11 is 0.818. The molecule has 3 amide bonds. The first-order valence-electron chi connectivity index (χ1n) is 10.1. The summed E-state index contributed by atoms with van der Waals surface area (Å²) in [5, 5.41) is 3.44. The van der Waals surface area contributed by atoms with Crippen LogP contribution < -0.4 is 14.8 Å². The van der Waals surface area contributed by atoms with E-state index in [1.54, 1.807) is 24.3 Å². The largest absolute Gasteiger partial charge is 0.454 e. The van der Waals surface area contributed by atoms with Gasteiger partial charge in [-0.3, -0.25) is 19.3 Å². The summed E-state index contributed by atoms with van der Waals surface area (Å²) in [5.74, 6) is 0.369. The van der Waals surface area contributed by atoms with Crippen LogP contribution in [0.25, 0.3) is 17.0 Å². The Bertz CT molecular complexity index is 1270. The number of carbonyl (C=O) groups is 3. The highest BCUT2D eigenvalue weighted by molar-refractivity contribution is 8.18. The molecule has 0 bridgehead atoms. The normalized spacial score (nSPS) is 16.4. The lowest BCUT2D eigenvalue weighted by Crippen LogP contribution is -2.40. The van der Waals surface area contributed by atoms with Crippen LogP contribution in [0.2, 0.25) is 0 Å². The standard InChI is InChI=1S/C23H19N3O5S/c27-21(24-8-7-15-11-25-17-4-2-1-3-16(15)17)12-26-22(28)20(32-23(26)29)10-14-5-6-18-19(9-14)31-13-30-18/h1-6,9-11,25H,7-8,12-13H2,(H,24,27)/b20-10-. The number of H-pyrrole nitrogens is 1. The monoisotopic (exact) mass is 449 g/mol. The lowest BCUT2D eigenvalue weighted by molar-refractivity contribution is -0.129. The van der Waals surface area contributed by atoms with E-state index < -0.39 is 11.1 Å². The van der Waals surface area contributed by atoms with Gasteiger partial charge in [0.1, 0.15) is 6.54 Å². The van der Waals surface area contributed by atoms with Crippen LogP contribution >= 0.6 is 11.8 Å². The number of amides is 3. The molecule has 2 N–H and O–H groups in total. The van der Waals surface area contributed by atoms with E-state index in [1.807, 2.05) is 30.5 Å². The van der Waals surface area contributed by atoms with Crippen molar-refractivity contribution in [3.63, 3.8) is 0 Å². The number of nitrogens with zero attached hydrogens (tertiary/aromatic N) is 1. The second kappa shape index (κ2) is 8.43. The smallest absolute Gasteiger partial charge is 0.294 e. The molecule has 3 heterocycles. The van der Waals surface area contributed by atoms with Gasteiger partial charge in [0.2, 0.25) is 12.7 Å². The molecule has 2 aliphatic rings. The lowest BCUT2D eigenvalue weighted by Gasteiger charge is -2.12. The molecule has 8 nitrogen and oxygen atoms in total. The van der Waals surface area contributed by atoms with E-state index in [4.69, 9.17) is 9.47 Å². The summed E-state index contributed by atoms with van der Waals surface area (Å²) in [7, 11) is 0. The van der Waals surface area contributed by atoms with E-state index in [0.717, 1.165) is 33.1 Å². The number of carbonyl (C=O) groups excluding carboxylic acids is 3. The van der Waals surface area contributed by atoms with Crippen molar-refractivity contribution in [1.82, 2.24) is 15.2 Å². The summed E-state index contributed by atoms with van der Waals surface area (Å²) < 4.78 is 10.6. The average Bonchev–Trinajstić information content (AvgIpc) is 3.49. The van der Waals surface area contributed by atoms with Crippen molar-refractivity contribution in [2.75, 3.05) is 19.9 Å². The molecule has 162 valence electrons. The Labute approximate surface area is 187 Å². The molecule has 0 spiro atoms. The molecule has 0 aliphatic carbocycles. The van der Waals surface area contributed by atoms with Crippen LogP contribution in [0.5, 0.6) is 11.5 Å². The topological polar surface area (TPSA) is 101 Å². The molecule has 5 rings (SSSR count). The van der Waals surface area contributed by atoms with Gasteiger partial charge in [-0.1, -0.05) is 24.3 Å². The molecule has 1 saturated heterocycles. The molecule has 0 unspecified atom stereocenters. The zero-order valence-corrected chi connectivity index (χ0v) is 17.7. The number of ether oxygens (including phenoxy) is 2. The first-order chi connectivity index (χ1) is 15.6. The molecule has 0 radical (unpaired) electrons. The Hall–Kier alpha value is -3.72. The number of aromatic amines is 1. The zero-order chi connectivity index (χ0) is 22.1. The Balaban J connectivity index is 1.18. The highest BCUT2D eigenvalue weighted by Crippen LogP contribution is 2.36. The molecule has 3 aromatic rings. The second-order valence-electron chi connectivity index (χ2n) is 7.34. The number of nitrogens with one attached hydrogen (secondary N) is 2. The minimum absolute atomic E-state index is 0.157. The van der Waals surface area contributed by atoms with Crippen LogP contribution in [0.3, 0.4) is 0 Å². The van der Waals surface area contributed by atoms with E-state index in [9.17, 15) is 14.4 Å². The van der Waals surface area contributed by atoms with Crippen molar-refractivity contribution in [2.24, 2.45) is 0 Å². The van der Waals surface area contributed by atoms with Gasteiger partial charge in [-0.05, 0) is 53.6 Å². The minimum Gasteiger partial charge on any atom is -0.454 e. The molecule has 32 heavy (non-hydrogen) atoms. The number of aromatic nitrogens is 1. The fourth-order valence-electron chi connectivity index (χ4n) is 3.67. The van der Waals surface area contributed by atoms with E-state index >= 15 is 0 Å². The van der Waals surface area contributed by atoms with Gasteiger partial charge in [-0.25, -0.2) is 0 Å². The Morgan fingerprint density at radius 1 is 1.16 bits per heavy atom. The molecule has 2 aromatic carbocycles. The molecular weight excluding hydrogens is 430 g/mol. The third kappa shape index (κ3) is 3.94. The average molecular weight is 449 g/mol. The summed E-state index contributed by atoms with van der Waals surface area (Å²) in [4.78, 5) is 41.8. The van der Waals surface area contributed by atoms with Gasteiger partial charge < -0.3 is 19.8 Å². The summed E-state index contributed by atoms with van der Waals surface area (Å²) in [6, 6.07) is 13.2. The number of fused-ring (bicyclic) bond motifs is 2. The van der Waals surface area contributed by atoms with E-state index in [0.29, 0.717) is 30.0 Å². The number of thioether (sulfide) groups is 1. The predicted molar refractivity (Wildman–Crippen MR) is 120 cm³/mol. The van der Waals surface area contributed by atoms with Crippen LogP contribution in [0.1, 0.15) is 11.1 Å². The molecule has 0 atom stereocenters. The third-order valence-electron chi connectivity index (χ3n) is 5.26. The maximum absolute atomic E-state index is 12.7. The molecule has 1 aromatic heterocycles. The van der Waals surface area contributed by atoms with Crippen molar-refractivity contribution in [1.29, 1.82) is 0 Å². The van der Waals surface area contributed by atoms with Gasteiger partial charge in [-0.2, -0.15) is 0 Å².